The van der Waals surface area contributed by atoms with E-state index in [4.69, 9.17) is 14.6 Å². The smallest absolute Gasteiger partial charge is 0.262 e. The minimum atomic E-state index is -0.250. The van der Waals surface area contributed by atoms with E-state index >= 15 is 0 Å². The Morgan fingerprint density at radius 3 is 2.59 bits per heavy atom. The van der Waals surface area contributed by atoms with E-state index in [9.17, 15) is 4.79 Å². The first-order chi connectivity index (χ1) is 13.0. The molecule has 0 spiro atoms. The molecule has 0 saturated heterocycles. The van der Waals surface area contributed by atoms with Crippen LogP contribution in [0, 0.1) is 6.92 Å². The molecule has 2 aromatic carbocycles. The van der Waals surface area contributed by atoms with Crippen LogP contribution in [0.15, 0.2) is 40.9 Å². The third-order valence-corrected chi connectivity index (χ3v) is 4.63. The highest BCUT2D eigenvalue weighted by molar-refractivity contribution is 9.10. The molecule has 2 rings (SSSR count). The van der Waals surface area contributed by atoms with E-state index in [-0.39, 0.29) is 19.1 Å². The molecule has 0 bridgehead atoms. The second-order valence-electron chi connectivity index (χ2n) is 6.01. The summed E-state index contributed by atoms with van der Waals surface area (Å²) in [6, 6.07) is 11.2. The number of hydrogen-bond donors (Lipinski definition) is 3. The van der Waals surface area contributed by atoms with Crippen LogP contribution in [0.2, 0.25) is 0 Å². The lowest BCUT2D eigenvalue weighted by atomic mass is 10.1. The van der Waals surface area contributed by atoms with Gasteiger partial charge in [-0.05, 0) is 44.2 Å². The summed E-state index contributed by atoms with van der Waals surface area (Å²) >= 11 is 3.52. The third kappa shape index (κ3) is 6.53. The summed E-state index contributed by atoms with van der Waals surface area (Å²) < 4.78 is 12.0. The minimum absolute atomic E-state index is 0.134. The first-order valence-corrected chi connectivity index (χ1v) is 9.50. The van der Waals surface area contributed by atoms with E-state index in [1.807, 2.05) is 37.3 Å². The SMILES string of the molecule is COc1ccc(Br)c(CNCCCO)c1OCC(=O)Nc1ccc(C)cc1. The van der Waals surface area contributed by atoms with E-state index in [0.29, 0.717) is 31.0 Å². The lowest BCUT2D eigenvalue weighted by molar-refractivity contribution is -0.118. The lowest BCUT2D eigenvalue weighted by Gasteiger charge is -2.17. The van der Waals surface area contributed by atoms with Crippen LogP contribution >= 0.6 is 15.9 Å². The summed E-state index contributed by atoms with van der Waals surface area (Å²) in [5, 5.41) is 15.0. The van der Waals surface area contributed by atoms with Gasteiger partial charge in [0.05, 0.1) is 7.11 Å². The molecule has 0 unspecified atom stereocenters. The number of amides is 1. The molecule has 0 heterocycles. The number of ether oxygens (including phenoxy) is 2. The second-order valence-corrected chi connectivity index (χ2v) is 6.87. The average Bonchev–Trinajstić information content (AvgIpc) is 2.66. The Morgan fingerprint density at radius 2 is 1.93 bits per heavy atom. The Balaban J connectivity index is 2.05. The zero-order valence-electron chi connectivity index (χ0n) is 15.5. The molecule has 3 N–H and O–H groups in total. The molecule has 2 aromatic rings. The fourth-order valence-corrected chi connectivity index (χ4v) is 2.91. The largest absolute Gasteiger partial charge is 0.493 e. The quantitative estimate of drug-likeness (QED) is 0.498. The number of nitrogens with one attached hydrogen (secondary N) is 2. The Bertz CT molecular complexity index is 750. The van der Waals surface area contributed by atoms with E-state index in [2.05, 4.69) is 26.6 Å². The van der Waals surface area contributed by atoms with Gasteiger partial charge >= 0.3 is 0 Å². The van der Waals surface area contributed by atoms with E-state index < -0.39 is 0 Å². The van der Waals surface area contributed by atoms with Gasteiger partial charge in [-0.25, -0.2) is 0 Å². The molecule has 0 atom stereocenters. The van der Waals surface area contributed by atoms with Crippen molar-refractivity contribution >= 4 is 27.5 Å². The molecule has 0 aliphatic heterocycles. The van der Waals surface area contributed by atoms with E-state index in [1.165, 1.54) is 0 Å². The number of aryl methyl sites for hydroxylation is 1. The minimum Gasteiger partial charge on any atom is -0.493 e. The van der Waals surface area contributed by atoms with Gasteiger partial charge < -0.3 is 25.2 Å². The maximum Gasteiger partial charge on any atom is 0.262 e. The van der Waals surface area contributed by atoms with Crippen molar-refractivity contribution in [1.29, 1.82) is 0 Å². The Labute approximate surface area is 168 Å². The monoisotopic (exact) mass is 436 g/mol. The Morgan fingerprint density at radius 1 is 1.19 bits per heavy atom. The van der Waals surface area contributed by atoms with Crippen LogP contribution in [-0.4, -0.2) is 37.9 Å². The van der Waals surface area contributed by atoms with Crippen molar-refractivity contribution in [3.8, 4) is 11.5 Å². The van der Waals surface area contributed by atoms with Gasteiger partial charge in [0.2, 0.25) is 0 Å². The van der Waals surface area contributed by atoms with Crippen molar-refractivity contribution in [2.75, 3.05) is 32.2 Å². The maximum atomic E-state index is 12.2. The molecule has 7 heteroatoms. The van der Waals surface area contributed by atoms with E-state index in [0.717, 1.165) is 21.3 Å². The van der Waals surface area contributed by atoms with Crippen LogP contribution in [0.1, 0.15) is 17.5 Å². The van der Waals surface area contributed by atoms with Gasteiger partial charge in [0.25, 0.3) is 5.91 Å². The summed E-state index contributed by atoms with van der Waals surface area (Å²) in [4.78, 5) is 12.2. The third-order valence-electron chi connectivity index (χ3n) is 3.88. The first-order valence-electron chi connectivity index (χ1n) is 8.71. The number of aliphatic hydroxyl groups excluding tert-OH is 1. The van der Waals surface area contributed by atoms with Crippen molar-refractivity contribution in [1.82, 2.24) is 5.32 Å². The highest BCUT2D eigenvalue weighted by Gasteiger charge is 2.16. The number of halogens is 1. The Kier molecular flexibility index (Phi) is 8.57. The predicted molar refractivity (Wildman–Crippen MR) is 109 cm³/mol. The van der Waals surface area contributed by atoms with Crippen molar-refractivity contribution in [3.63, 3.8) is 0 Å². The molecule has 27 heavy (non-hydrogen) atoms. The fourth-order valence-electron chi connectivity index (χ4n) is 2.46. The fraction of sp³-hybridized carbons (Fsp3) is 0.350. The molecular weight excluding hydrogens is 412 g/mol. The number of aliphatic hydroxyl groups is 1. The van der Waals surface area contributed by atoms with Crippen LogP contribution in [0.5, 0.6) is 11.5 Å². The van der Waals surface area contributed by atoms with Gasteiger partial charge in [0.1, 0.15) is 0 Å². The Hall–Kier alpha value is -2.09. The van der Waals surface area contributed by atoms with Gasteiger partial charge in [0.15, 0.2) is 18.1 Å². The highest BCUT2D eigenvalue weighted by atomic mass is 79.9. The van der Waals surface area contributed by atoms with Crippen LogP contribution in [-0.2, 0) is 11.3 Å². The lowest BCUT2D eigenvalue weighted by Crippen LogP contribution is -2.22. The van der Waals surface area contributed by atoms with Gasteiger partial charge in [0, 0.05) is 28.9 Å². The number of rotatable bonds is 10. The number of anilines is 1. The maximum absolute atomic E-state index is 12.2. The first kappa shape index (κ1) is 21.2. The summed E-state index contributed by atoms with van der Waals surface area (Å²) in [5.74, 6) is 0.822. The van der Waals surface area contributed by atoms with E-state index in [1.54, 1.807) is 13.2 Å². The van der Waals surface area contributed by atoms with Gasteiger partial charge in [-0.3, -0.25) is 4.79 Å². The molecule has 0 aliphatic rings. The summed E-state index contributed by atoms with van der Waals surface area (Å²) in [6.45, 7) is 3.18. The summed E-state index contributed by atoms with van der Waals surface area (Å²) in [6.07, 6.45) is 0.663. The normalized spacial score (nSPS) is 10.5. The molecule has 0 saturated carbocycles. The van der Waals surface area contributed by atoms with Crippen molar-refractivity contribution in [2.45, 2.75) is 19.9 Å². The number of benzene rings is 2. The van der Waals surface area contributed by atoms with Gasteiger partial charge in [-0.1, -0.05) is 33.6 Å². The molecule has 0 aromatic heterocycles. The number of hydrogen-bond acceptors (Lipinski definition) is 5. The summed E-state index contributed by atoms with van der Waals surface area (Å²) in [7, 11) is 1.56. The predicted octanol–water partition coefficient (Wildman–Crippen LogP) is 3.26. The summed E-state index contributed by atoms with van der Waals surface area (Å²) in [5.41, 5.74) is 2.71. The molecule has 6 nitrogen and oxygen atoms in total. The van der Waals surface area contributed by atoms with Gasteiger partial charge in [-0.15, -0.1) is 0 Å². The molecular formula is C20H25BrN2O4. The molecule has 0 fully saturated rings. The zero-order valence-corrected chi connectivity index (χ0v) is 17.1. The number of carbonyl (C=O) groups excluding carboxylic acids is 1. The standard InChI is InChI=1S/C20H25BrN2O4/c1-14-4-6-15(7-5-14)23-19(25)13-27-20-16(12-22-10-3-11-24)17(21)8-9-18(20)26-2/h4-9,22,24H,3,10-13H2,1-2H3,(H,23,25). The average molecular weight is 437 g/mol. The van der Waals surface area contributed by atoms with Crippen LogP contribution in [0.3, 0.4) is 0 Å². The molecule has 0 radical (unpaired) electrons. The number of methoxy groups -OCH3 is 1. The second kappa shape index (κ2) is 10.9. The highest BCUT2D eigenvalue weighted by Crippen LogP contribution is 2.36. The topological polar surface area (TPSA) is 79.8 Å². The van der Waals surface area contributed by atoms with Crippen molar-refractivity contribution in [3.05, 3.63) is 52.0 Å². The zero-order chi connectivity index (χ0) is 19.6. The van der Waals surface area contributed by atoms with Crippen LogP contribution in [0.25, 0.3) is 0 Å². The molecule has 1 amide bonds. The molecule has 0 aliphatic carbocycles. The van der Waals surface area contributed by atoms with Crippen LogP contribution < -0.4 is 20.1 Å². The van der Waals surface area contributed by atoms with Crippen LogP contribution in [0.4, 0.5) is 5.69 Å². The molecule has 146 valence electrons. The van der Waals surface area contributed by atoms with Gasteiger partial charge in [-0.2, -0.15) is 0 Å². The van der Waals surface area contributed by atoms with Crippen molar-refractivity contribution < 1.29 is 19.4 Å². The van der Waals surface area contributed by atoms with Crippen molar-refractivity contribution in [2.24, 2.45) is 0 Å². The number of carbonyl (C=O) groups is 1.